The number of hydrogen-bond acceptors (Lipinski definition) is 3. The molecular formula is C17H20O4. The molecule has 1 aliphatic carbocycles. The zero-order valence-corrected chi connectivity index (χ0v) is 12.2. The van der Waals surface area contributed by atoms with Crippen LogP contribution < -0.4 is 0 Å². The second kappa shape index (κ2) is 6.57. The van der Waals surface area contributed by atoms with Crippen LogP contribution in [0.2, 0.25) is 0 Å². The van der Waals surface area contributed by atoms with Gasteiger partial charge in [-0.2, -0.15) is 0 Å². The van der Waals surface area contributed by atoms with Gasteiger partial charge in [-0.3, -0.25) is 4.79 Å². The highest BCUT2D eigenvalue weighted by Crippen LogP contribution is 2.36. The largest absolute Gasteiger partial charge is 0.478 e. The molecule has 0 atom stereocenters. The third kappa shape index (κ3) is 3.51. The van der Waals surface area contributed by atoms with Gasteiger partial charge in [0.2, 0.25) is 0 Å². The lowest BCUT2D eigenvalue weighted by Gasteiger charge is -2.27. The summed E-state index contributed by atoms with van der Waals surface area (Å²) in [6.45, 7) is 3.55. The lowest BCUT2D eigenvalue weighted by Crippen LogP contribution is -2.22. The van der Waals surface area contributed by atoms with Crippen LogP contribution in [0.3, 0.4) is 0 Å². The van der Waals surface area contributed by atoms with Gasteiger partial charge in [-0.15, -0.1) is 0 Å². The van der Waals surface area contributed by atoms with E-state index in [1.165, 1.54) is 12.7 Å². The molecule has 0 saturated heterocycles. The first-order valence-corrected chi connectivity index (χ1v) is 7.13. The van der Waals surface area contributed by atoms with Crippen LogP contribution in [0.25, 0.3) is 5.57 Å². The number of carboxylic acids is 1. The lowest BCUT2D eigenvalue weighted by molar-refractivity contribution is -0.146. The first kappa shape index (κ1) is 15.3. The molecule has 4 heteroatoms. The van der Waals surface area contributed by atoms with Gasteiger partial charge in [0.15, 0.2) is 0 Å². The molecule has 2 rings (SSSR count). The highest BCUT2D eigenvalue weighted by Gasteiger charge is 2.27. The number of carbonyl (C=O) groups is 2. The van der Waals surface area contributed by atoms with E-state index < -0.39 is 5.97 Å². The SMILES string of the molecule is C=C(C(=O)O)c1ccc(C2CCC(C(=O)OC)CC2)cc1. The molecule has 0 aromatic heterocycles. The summed E-state index contributed by atoms with van der Waals surface area (Å²) >= 11 is 0. The topological polar surface area (TPSA) is 63.6 Å². The first-order chi connectivity index (χ1) is 10.0. The summed E-state index contributed by atoms with van der Waals surface area (Å²) in [4.78, 5) is 22.4. The predicted molar refractivity (Wildman–Crippen MR) is 79.8 cm³/mol. The van der Waals surface area contributed by atoms with E-state index in [2.05, 4.69) is 6.58 Å². The molecule has 1 fully saturated rings. The zero-order chi connectivity index (χ0) is 15.4. The van der Waals surface area contributed by atoms with E-state index in [0.29, 0.717) is 11.5 Å². The lowest BCUT2D eigenvalue weighted by atomic mass is 9.78. The molecule has 0 spiro atoms. The van der Waals surface area contributed by atoms with Crippen molar-refractivity contribution in [1.29, 1.82) is 0 Å². The van der Waals surface area contributed by atoms with Crippen LogP contribution in [0.5, 0.6) is 0 Å². The number of aliphatic carboxylic acids is 1. The van der Waals surface area contributed by atoms with E-state index in [1.54, 1.807) is 12.1 Å². The smallest absolute Gasteiger partial charge is 0.335 e. The maximum absolute atomic E-state index is 11.5. The van der Waals surface area contributed by atoms with Gasteiger partial charge < -0.3 is 9.84 Å². The summed E-state index contributed by atoms with van der Waals surface area (Å²) in [5, 5.41) is 8.91. The Morgan fingerprint density at radius 2 is 1.71 bits per heavy atom. The van der Waals surface area contributed by atoms with E-state index in [0.717, 1.165) is 25.7 Å². The molecule has 21 heavy (non-hydrogen) atoms. The first-order valence-electron chi connectivity index (χ1n) is 7.13. The van der Waals surface area contributed by atoms with Crippen molar-refractivity contribution in [1.82, 2.24) is 0 Å². The summed E-state index contributed by atoms with van der Waals surface area (Å²) in [6.07, 6.45) is 3.61. The quantitative estimate of drug-likeness (QED) is 0.682. The van der Waals surface area contributed by atoms with E-state index >= 15 is 0 Å². The van der Waals surface area contributed by atoms with Crippen molar-refractivity contribution < 1.29 is 19.4 Å². The number of ether oxygens (including phenoxy) is 1. The Morgan fingerprint density at radius 3 is 2.19 bits per heavy atom. The highest BCUT2D eigenvalue weighted by atomic mass is 16.5. The summed E-state index contributed by atoms with van der Waals surface area (Å²) in [5.41, 5.74) is 1.94. The van der Waals surface area contributed by atoms with Crippen LogP contribution >= 0.6 is 0 Å². The van der Waals surface area contributed by atoms with Crippen LogP contribution in [0, 0.1) is 5.92 Å². The second-order valence-corrected chi connectivity index (χ2v) is 5.48. The van der Waals surface area contributed by atoms with Crippen molar-refractivity contribution in [2.75, 3.05) is 7.11 Å². The Kier molecular flexibility index (Phi) is 4.78. The molecule has 0 amide bonds. The van der Waals surface area contributed by atoms with E-state index in [-0.39, 0.29) is 17.5 Å². The van der Waals surface area contributed by atoms with Gasteiger partial charge in [0, 0.05) is 0 Å². The molecule has 1 saturated carbocycles. The second-order valence-electron chi connectivity index (χ2n) is 5.48. The Hall–Kier alpha value is -2.10. The Bertz CT molecular complexity index is 536. The van der Waals surface area contributed by atoms with Crippen molar-refractivity contribution in [3.63, 3.8) is 0 Å². The fraction of sp³-hybridized carbons (Fsp3) is 0.412. The molecule has 0 unspecified atom stereocenters. The van der Waals surface area contributed by atoms with Crippen molar-refractivity contribution in [2.45, 2.75) is 31.6 Å². The fourth-order valence-electron chi connectivity index (χ4n) is 2.91. The van der Waals surface area contributed by atoms with Crippen LogP contribution in [0.15, 0.2) is 30.8 Å². The van der Waals surface area contributed by atoms with Crippen molar-refractivity contribution >= 4 is 17.5 Å². The average molecular weight is 288 g/mol. The van der Waals surface area contributed by atoms with Crippen molar-refractivity contribution in [2.24, 2.45) is 5.92 Å². The maximum Gasteiger partial charge on any atom is 0.335 e. The third-order valence-electron chi connectivity index (χ3n) is 4.25. The van der Waals surface area contributed by atoms with Gasteiger partial charge in [0.25, 0.3) is 0 Å². The van der Waals surface area contributed by atoms with Gasteiger partial charge in [-0.1, -0.05) is 30.8 Å². The van der Waals surface area contributed by atoms with Crippen LogP contribution in [-0.2, 0) is 14.3 Å². The monoisotopic (exact) mass is 288 g/mol. The van der Waals surface area contributed by atoms with E-state index in [1.807, 2.05) is 12.1 Å². The Morgan fingerprint density at radius 1 is 1.14 bits per heavy atom. The number of benzene rings is 1. The number of rotatable bonds is 4. The predicted octanol–water partition coefficient (Wildman–Crippen LogP) is 3.23. The Labute approximate surface area is 124 Å². The summed E-state index contributed by atoms with van der Waals surface area (Å²) in [7, 11) is 1.43. The summed E-state index contributed by atoms with van der Waals surface area (Å²) in [5.74, 6) is -0.654. The van der Waals surface area contributed by atoms with Crippen molar-refractivity contribution in [3.05, 3.63) is 42.0 Å². The molecule has 0 aliphatic heterocycles. The van der Waals surface area contributed by atoms with E-state index in [9.17, 15) is 9.59 Å². The van der Waals surface area contributed by atoms with Gasteiger partial charge in [-0.25, -0.2) is 4.79 Å². The zero-order valence-electron chi connectivity index (χ0n) is 12.2. The Balaban J connectivity index is 1.99. The molecular weight excluding hydrogens is 268 g/mol. The molecule has 1 aromatic rings. The summed E-state index contributed by atoms with van der Waals surface area (Å²) < 4.78 is 4.79. The average Bonchev–Trinajstić information content (AvgIpc) is 2.53. The number of carboxylic acid groups (broad SMARTS) is 1. The minimum atomic E-state index is -0.999. The van der Waals surface area contributed by atoms with E-state index in [4.69, 9.17) is 9.84 Å². The number of methoxy groups -OCH3 is 1. The minimum Gasteiger partial charge on any atom is -0.478 e. The van der Waals surface area contributed by atoms with Gasteiger partial charge in [0.05, 0.1) is 18.6 Å². The third-order valence-corrected chi connectivity index (χ3v) is 4.25. The fourth-order valence-corrected chi connectivity index (χ4v) is 2.91. The maximum atomic E-state index is 11.5. The highest BCUT2D eigenvalue weighted by molar-refractivity contribution is 6.14. The number of esters is 1. The van der Waals surface area contributed by atoms with Crippen LogP contribution in [0.1, 0.15) is 42.7 Å². The molecule has 1 N–H and O–H groups in total. The normalized spacial score (nSPS) is 21.6. The standard InChI is InChI=1S/C17H20O4/c1-11(16(18)19)12-3-5-13(6-4-12)14-7-9-15(10-8-14)17(20)21-2/h3-6,14-15H,1,7-10H2,2H3,(H,18,19). The molecule has 1 aliphatic rings. The molecule has 0 bridgehead atoms. The van der Waals surface area contributed by atoms with Crippen LogP contribution in [-0.4, -0.2) is 24.2 Å². The molecule has 0 heterocycles. The molecule has 4 nitrogen and oxygen atoms in total. The minimum absolute atomic E-state index is 0.0253. The summed E-state index contributed by atoms with van der Waals surface area (Å²) in [6, 6.07) is 7.54. The molecule has 112 valence electrons. The van der Waals surface area contributed by atoms with Crippen molar-refractivity contribution in [3.8, 4) is 0 Å². The number of carbonyl (C=O) groups excluding carboxylic acids is 1. The number of hydrogen-bond donors (Lipinski definition) is 1. The van der Waals surface area contributed by atoms with Gasteiger partial charge in [0.1, 0.15) is 0 Å². The van der Waals surface area contributed by atoms with Gasteiger partial charge >= 0.3 is 11.9 Å². The molecule has 0 radical (unpaired) electrons. The van der Waals surface area contributed by atoms with Gasteiger partial charge in [-0.05, 0) is 42.7 Å². The van der Waals surface area contributed by atoms with Crippen LogP contribution in [0.4, 0.5) is 0 Å². The molecule has 1 aromatic carbocycles.